The average molecular weight is 256 g/mol. The summed E-state index contributed by atoms with van der Waals surface area (Å²) in [5, 5.41) is 9.64. The number of benzene rings is 1. The number of aromatic nitrogens is 1. The van der Waals surface area contributed by atoms with Gasteiger partial charge >= 0.3 is 0 Å². The fraction of sp³-hybridized carbons (Fsp3) is 0.200. The predicted molar refractivity (Wildman–Crippen MR) is 72.9 cm³/mol. The van der Waals surface area contributed by atoms with Gasteiger partial charge < -0.3 is 10.0 Å². The average Bonchev–Trinajstić information content (AvgIpc) is 2.41. The Morgan fingerprint density at radius 1 is 1.32 bits per heavy atom. The van der Waals surface area contributed by atoms with E-state index in [1.165, 1.54) is 18.5 Å². The Balaban J connectivity index is 2.17. The van der Waals surface area contributed by atoms with Crippen molar-refractivity contribution < 1.29 is 9.90 Å². The first-order chi connectivity index (χ1) is 9.09. The monoisotopic (exact) mass is 256 g/mol. The lowest BCUT2D eigenvalue weighted by molar-refractivity contribution is 0.0781. The van der Waals surface area contributed by atoms with Crippen LogP contribution in [0.3, 0.4) is 0 Å². The standard InChI is InChI=1S/C15H16N2O2/c1-11-5-3-4-6-12(11)10-17(2)15(19)13-7-8-16-9-14(13)18/h3-9,18H,10H2,1-2H3. The second kappa shape index (κ2) is 5.52. The molecule has 0 aliphatic heterocycles. The fourth-order valence-corrected chi connectivity index (χ4v) is 1.89. The molecule has 0 unspecified atom stereocenters. The van der Waals surface area contributed by atoms with Crippen LogP contribution in [-0.2, 0) is 6.54 Å². The lowest BCUT2D eigenvalue weighted by Crippen LogP contribution is -2.26. The van der Waals surface area contributed by atoms with Crippen LogP contribution < -0.4 is 0 Å². The molecule has 0 spiro atoms. The molecule has 1 amide bonds. The van der Waals surface area contributed by atoms with E-state index in [1.807, 2.05) is 31.2 Å². The highest BCUT2D eigenvalue weighted by Crippen LogP contribution is 2.17. The van der Waals surface area contributed by atoms with Gasteiger partial charge in [-0.3, -0.25) is 9.78 Å². The van der Waals surface area contributed by atoms with E-state index in [4.69, 9.17) is 0 Å². The molecule has 1 N–H and O–H groups in total. The van der Waals surface area contributed by atoms with Gasteiger partial charge in [-0.2, -0.15) is 0 Å². The smallest absolute Gasteiger partial charge is 0.257 e. The highest BCUT2D eigenvalue weighted by molar-refractivity contribution is 5.96. The molecule has 2 aromatic rings. The number of nitrogens with zero attached hydrogens (tertiary/aromatic N) is 2. The third kappa shape index (κ3) is 2.91. The van der Waals surface area contributed by atoms with Crippen LogP contribution in [0.15, 0.2) is 42.7 Å². The molecule has 0 bridgehead atoms. The van der Waals surface area contributed by atoms with Crippen LogP contribution in [-0.4, -0.2) is 27.9 Å². The topological polar surface area (TPSA) is 53.4 Å². The summed E-state index contributed by atoms with van der Waals surface area (Å²) in [5.74, 6) is -0.313. The zero-order valence-electron chi connectivity index (χ0n) is 11.0. The maximum Gasteiger partial charge on any atom is 0.257 e. The maximum absolute atomic E-state index is 12.2. The number of pyridine rings is 1. The lowest BCUT2D eigenvalue weighted by Gasteiger charge is -2.18. The molecule has 98 valence electrons. The van der Waals surface area contributed by atoms with Crippen LogP contribution in [0, 0.1) is 6.92 Å². The van der Waals surface area contributed by atoms with Gasteiger partial charge in [0.25, 0.3) is 5.91 Å². The van der Waals surface area contributed by atoms with Crippen molar-refractivity contribution >= 4 is 5.91 Å². The summed E-state index contributed by atoms with van der Waals surface area (Å²) in [6.07, 6.45) is 2.77. The largest absolute Gasteiger partial charge is 0.505 e. The van der Waals surface area contributed by atoms with Gasteiger partial charge in [0.15, 0.2) is 0 Å². The molecule has 0 saturated carbocycles. The van der Waals surface area contributed by atoms with Crippen LogP contribution in [0.5, 0.6) is 5.75 Å². The number of hydrogen-bond acceptors (Lipinski definition) is 3. The SMILES string of the molecule is Cc1ccccc1CN(C)C(=O)c1ccncc1O. The van der Waals surface area contributed by atoms with Crippen molar-refractivity contribution in [2.24, 2.45) is 0 Å². The van der Waals surface area contributed by atoms with E-state index < -0.39 is 0 Å². The minimum absolute atomic E-state index is 0.0934. The van der Waals surface area contributed by atoms with Gasteiger partial charge in [-0.15, -0.1) is 0 Å². The lowest BCUT2D eigenvalue weighted by atomic mass is 10.1. The number of aromatic hydroxyl groups is 1. The second-order valence-electron chi connectivity index (χ2n) is 4.48. The minimum atomic E-state index is -0.219. The molecule has 19 heavy (non-hydrogen) atoms. The molecule has 1 aromatic carbocycles. The molecule has 0 aliphatic rings. The molecule has 2 rings (SSSR count). The molecule has 0 fully saturated rings. The molecule has 0 aliphatic carbocycles. The first kappa shape index (κ1) is 13.1. The highest BCUT2D eigenvalue weighted by atomic mass is 16.3. The summed E-state index contributed by atoms with van der Waals surface area (Å²) >= 11 is 0. The number of rotatable bonds is 3. The first-order valence-electron chi connectivity index (χ1n) is 6.02. The van der Waals surface area contributed by atoms with E-state index in [0.717, 1.165) is 11.1 Å². The van der Waals surface area contributed by atoms with Gasteiger partial charge in [0.1, 0.15) is 5.75 Å². The molecular weight excluding hydrogens is 240 g/mol. The van der Waals surface area contributed by atoms with Crippen molar-refractivity contribution in [1.82, 2.24) is 9.88 Å². The molecule has 4 nitrogen and oxygen atoms in total. The maximum atomic E-state index is 12.2. The summed E-state index contributed by atoms with van der Waals surface area (Å²) in [7, 11) is 1.72. The van der Waals surface area contributed by atoms with E-state index in [1.54, 1.807) is 11.9 Å². The van der Waals surface area contributed by atoms with Gasteiger partial charge in [0.05, 0.1) is 11.8 Å². The molecular formula is C15H16N2O2. The predicted octanol–water partition coefficient (Wildman–Crippen LogP) is 2.37. The Morgan fingerprint density at radius 3 is 2.74 bits per heavy atom. The van der Waals surface area contributed by atoms with Gasteiger partial charge in [0, 0.05) is 19.8 Å². The summed E-state index contributed by atoms with van der Waals surface area (Å²) in [5.41, 5.74) is 2.50. The normalized spacial score (nSPS) is 10.2. The first-order valence-corrected chi connectivity index (χ1v) is 6.02. The van der Waals surface area contributed by atoms with Crippen LogP contribution in [0.1, 0.15) is 21.5 Å². The number of hydrogen-bond donors (Lipinski definition) is 1. The van der Waals surface area contributed by atoms with Crippen molar-refractivity contribution in [1.29, 1.82) is 0 Å². The van der Waals surface area contributed by atoms with Crippen LogP contribution in [0.25, 0.3) is 0 Å². The van der Waals surface area contributed by atoms with E-state index in [0.29, 0.717) is 6.54 Å². The molecule has 0 atom stereocenters. The molecule has 0 saturated heterocycles. The van der Waals surface area contributed by atoms with Gasteiger partial charge in [-0.1, -0.05) is 24.3 Å². The van der Waals surface area contributed by atoms with Crippen molar-refractivity contribution in [3.05, 3.63) is 59.4 Å². The Kier molecular flexibility index (Phi) is 3.80. The summed E-state index contributed by atoms with van der Waals surface area (Å²) in [6.45, 7) is 2.52. The summed E-state index contributed by atoms with van der Waals surface area (Å²) in [4.78, 5) is 17.6. The Hall–Kier alpha value is -2.36. The number of aryl methyl sites for hydroxylation is 1. The van der Waals surface area contributed by atoms with E-state index in [-0.39, 0.29) is 17.2 Å². The van der Waals surface area contributed by atoms with E-state index in [2.05, 4.69) is 4.98 Å². The third-order valence-electron chi connectivity index (χ3n) is 3.05. The second-order valence-corrected chi connectivity index (χ2v) is 4.48. The van der Waals surface area contributed by atoms with Crippen molar-refractivity contribution in [3.8, 4) is 5.75 Å². The van der Waals surface area contributed by atoms with Crippen LogP contribution >= 0.6 is 0 Å². The van der Waals surface area contributed by atoms with Gasteiger partial charge in [0.2, 0.25) is 0 Å². The van der Waals surface area contributed by atoms with E-state index >= 15 is 0 Å². The molecule has 4 heteroatoms. The number of carbonyl (C=O) groups excluding carboxylic acids is 1. The Labute approximate surface area is 112 Å². The van der Waals surface area contributed by atoms with Gasteiger partial charge in [-0.05, 0) is 24.1 Å². The third-order valence-corrected chi connectivity index (χ3v) is 3.05. The molecule has 1 aromatic heterocycles. The van der Waals surface area contributed by atoms with Crippen LogP contribution in [0.2, 0.25) is 0 Å². The van der Waals surface area contributed by atoms with Crippen molar-refractivity contribution in [2.75, 3.05) is 7.05 Å². The minimum Gasteiger partial charge on any atom is -0.505 e. The van der Waals surface area contributed by atoms with Crippen molar-refractivity contribution in [2.45, 2.75) is 13.5 Å². The quantitative estimate of drug-likeness (QED) is 0.917. The zero-order valence-corrected chi connectivity index (χ0v) is 11.0. The summed E-state index contributed by atoms with van der Waals surface area (Å²) < 4.78 is 0. The zero-order chi connectivity index (χ0) is 13.8. The number of amides is 1. The van der Waals surface area contributed by atoms with Crippen molar-refractivity contribution in [3.63, 3.8) is 0 Å². The number of carbonyl (C=O) groups is 1. The van der Waals surface area contributed by atoms with Crippen LogP contribution in [0.4, 0.5) is 0 Å². The highest BCUT2D eigenvalue weighted by Gasteiger charge is 2.16. The Morgan fingerprint density at radius 2 is 2.05 bits per heavy atom. The molecule has 0 radical (unpaired) electrons. The molecule has 1 heterocycles. The fourth-order valence-electron chi connectivity index (χ4n) is 1.89. The Bertz CT molecular complexity index is 596. The van der Waals surface area contributed by atoms with E-state index in [9.17, 15) is 9.90 Å². The summed E-state index contributed by atoms with van der Waals surface area (Å²) in [6, 6.07) is 9.44. The van der Waals surface area contributed by atoms with Gasteiger partial charge in [-0.25, -0.2) is 0 Å².